The molecule has 0 spiro atoms. The number of hydrogen-bond donors (Lipinski definition) is 2. The highest BCUT2D eigenvalue weighted by Gasteiger charge is 2.16. The van der Waals surface area contributed by atoms with Crippen molar-refractivity contribution in [1.29, 1.82) is 0 Å². The van der Waals surface area contributed by atoms with Gasteiger partial charge in [0.05, 0.1) is 5.69 Å². The van der Waals surface area contributed by atoms with Crippen molar-refractivity contribution in [3.05, 3.63) is 17.5 Å². The molecule has 1 rings (SSSR count). The average molecular weight is 204 g/mol. The van der Waals surface area contributed by atoms with Crippen molar-refractivity contribution in [2.45, 2.75) is 32.7 Å². The van der Waals surface area contributed by atoms with E-state index in [2.05, 4.69) is 42.4 Å². The van der Waals surface area contributed by atoms with Gasteiger partial charge < -0.3 is 5.32 Å². The van der Waals surface area contributed by atoms with Gasteiger partial charge in [-0.2, -0.15) is 5.10 Å². The lowest BCUT2D eigenvalue weighted by atomic mass is 9.92. The maximum Gasteiger partial charge on any atom is 0.0678 e. The second-order valence-electron chi connectivity index (χ2n) is 4.06. The van der Waals surface area contributed by atoms with Gasteiger partial charge in [-0.05, 0) is 13.1 Å². The number of nitrogens with one attached hydrogen (secondary N) is 2. The van der Waals surface area contributed by atoms with Crippen LogP contribution < -0.4 is 5.32 Å². The first-order valence-electron chi connectivity index (χ1n) is 4.23. The lowest BCUT2D eigenvalue weighted by Crippen LogP contribution is -2.11. The van der Waals surface area contributed by atoms with Gasteiger partial charge in [-0.1, -0.05) is 20.8 Å². The summed E-state index contributed by atoms with van der Waals surface area (Å²) in [5.41, 5.74) is 2.40. The molecule has 0 fully saturated rings. The monoisotopic (exact) mass is 203 g/mol. The van der Waals surface area contributed by atoms with Gasteiger partial charge in [0.25, 0.3) is 0 Å². The third kappa shape index (κ3) is 3.36. The Kier molecular flexibility index (Phi) is 4.44. The minimum absolute atomic E-state index is 0. The van der Waals surface area contributed by atoms with E-state index >= 15 is 0 Å². The van der Waals surface area contributed by atoms with Crippen LogP contribution >= 0.6 is 12.4 Å². The molecule has 0 aliphatic carbocycles. The molecule has 0 aliphatic rings. The number of H-pyrrole nitrogens is 1. The Morgan fingerprint density at radius 1 is 1.46 bits per heavy atom. The Morgan fingerprint density at radius 3 is 2.46 bits per heavy atom. The van der Waals surface area contributed by atoms with E-state index in [-0.39, 0.29) is 17.8 Å². The van der Waals surface area contributed by atoms with Gasteiger partial charge in [-0.3, -0.25) is 5.10 Å². The summed E-state index contributed by atoms with van der Waals surface area (Å²) in [6, 6.07) is 2.11. The number of aromatic amines is 1. The number of nitrogens with zero attached hydrogens (tertiary/aromatic N) is 1. The van der Waals surface area contributed by atoms with Crippen LogP contribution in [0.2, 0.25) is 0 Å². The highest BCUT2D eigenvalue weighted by molar-refractivity contribution is 5.85. The fourth-order valence-electron chi connectivity index (χ4n) is 1.03. The second-order valence-corrected chi connectivity index (χ2v) is 4.06. The standard InChI is InChI=1S/C9H17N3.ClH/c1-9(2,3)8-5-7(6-10-4)11-12-8;/h5,10H,6H2,1-4H3,(H,11,12);1H. The lowest BCUT2D eigenvalue weighted by Gasteiger charge is -2.13. The molecule has 2 N–H and O–H groups in total. The zero-order valence-corrected chi connectivity index (χ0v) is 9.46. The van der Waals surface area contributed by atoms with E-state index < -0.39 is 0 Å². The molecule has 76 valence electrons. The number of halogens is 1. The maximum atomic E-state index is 4.24. The Balaban J connectivity index is 0.00000144. The Bertz CT molecular complexity index is 250. The number of hydrogen-bond acceptors (Lipinski definition) is 2. The average Bonchev–Trinajstić information content (AvgIpc) is 2.35. The van der Waals surface area contributed by atoms with Crippen LogP contribution in [0.3, 0.4) is 0 Å². The minimum Gasteiger partial charge on any atom is -0.314 e. The van der Waals surface area contributed by atoms with E-state index in [1.807, 2.05) is 7.05 Å². The predicted molar refractivity (Wildman–Crippen MR) is 57.3 cm³/mol. The Labute approximate surface area is 85.7 Å². The Hall–Kier alpha value is -0.540. The first-order chi connectivity index (χ1) is 5.54. The quantitative estimate of drug-likeness (QED) is 0.771. The molecule has 0 saturated carbocycles. The van der Waals surface area contributed by atoms with Gasteiger partial charge >= 0.3 is 0 Å². The molecule has 1 aromatic rings. The van der Waals surface area contributed by atoms with Crippen LogP contribution in [0.25, 0.3) is 0 Å². The highest BCUT2D eigenvalue weighted by Crippen LogP contribution is 2.19. The molecule has 0 aromatic carbocycles. The van der Waals surface area contributed by atoms with E-state index in [9.17, 15) is 0 Å². The van der Waals surface area contributed by atoms with E-state index in [0.717, 1.165) is 17.9 Å². The molecule has 13 heavy (non-hydrogen) atoms. The van der Waals surface area contributed by atoms with Gasteiger partial charge in [-0.25, -0.2) is 0 Å². The third-order valence-corrected chi connectivity index (χ3v) is 1.77. The summed E-state index contributed by atoms with van der Waals surface area (Å²) in [5, 5.41) is 10.3. The topological polar surface area (TPSA) is 40.7 Å². The van der Waals surface area contributed by atoms with Crippen molar-refractivity contribution in [2.75, 3.05) is 7.05 Å². The van der Waals surface area contributed by atoms with E-state index in [1.165, 1.54) is 0 Å². The fourth-order valence-corrected chi connectivity index (χ4v) is 1.03. The van der Waals surface area contributed by atoms with Crippen molar-refractivity contribution in [2.24, 2.45) is 0 Å². The molecular weight excluding hydrogens is 186 g/mol. The molecule has 0 radical (unpaired) electrons. The third-order valence-electron chi connectivity index (χ3n) is 1.77. The molecular formula is C9H18ClN3. The summed E-state index contributed by atoms with van der Waals surface area (Å²) in [7, 11) is 1.93. The summed E-state index contributed by atoms with van der Waals surface area (Å²) in [6.07, 6.45) is 0. The normalized spacial score (nSPS) is 11.1. The summed E-state index contributed by atoms with van der Waals surface area (Å²) in [5.74, 6) is 0. The predicted octanol–water partition coefficient (Wildman–Crippen LogP) is 1.85. The summed E-state index contributed by atoms with van der Waals surface area (Å²) >= 11 is 0. The molecule has 1 heterocycles. The van der Waals surface area contributed by atoms with E-state index in [4.69, 9.17) is 0 Å². The molecule has 0 amide bonds. The van der Waals surface area contributed by atoms with Gasteiger partial charge in [-0.15, -0.1) is 12.4 Å². The largest absolute Gasteiger partial charge is 0.314 e. The molecule has 0 bridgehead atoms. The fraction of sp³-hybridized carbons (Fsp3) is 0.667. The van der Waals surface area contributed by atoms with Crippen molar-refractivity contribution >= 4 is 12.4 Å². The zero-order valence-electron chi connectivity index (χ0n) is 8.64. The van der Waals surface area contributed by atoms with Crippen molar-refractivity contribution in [3.8, 4) is 0 Å². The summed E-state index contributed by atoms with van der Waals surface area (Å²) in [6.45, 7) is 7.33. The van der Waals surface area contributed by atoms with Crippen molar-refractivity contribution < 1.29 is 0 Å². The van der Waals surface area contributed by atoms with Crippen LogP contribution in [0.15, 0.2) is 6.07 Å². The van der Waals surface area contributed by atoms with E-state index in [0.29, 0.717) is 0 Å². The summed E-state index contributed by atoms with van der Waals surface area (Å²) < 4.78 is 0. The number of aromatic nitrogens is 2. The molecule has 0 atom stereocenters. The highest BCUT2D eigenvalue weighted by atomic mass is 35.5. The first kappa shape index (κ1) is 12.5. The molecule has 0 unspecified atom stereocenters. The van der Waals surface area contributed by atoms with Crippen LogP contribution in [0.4, 0.5) is 0 Å². The lowest BCUT2D eigenvalue weighted by molar-refractivity contribution is 0.567. The van der Waals surface area contributed by atoms with Crippen LogP contribution in [-0.4, -0.2) is 17.2 Å². The van der Waals surface area contributed by atoms with Crippen LogP contribution in [0.1, 0.15) is 32.2 Å². The molecule has 3 nitrogen and oxygen atoms in total. The molecule has 0 aliphatic heterocycles. The van der Waals surface area contributed by atoms with Gasteiger partial charge in [0.15, 0.2) is 0 Å². The molecule has 1 aromatic heterocycles. The minimum atomic E-state index is 0. The second kappa shape index (κ2) is 4.63. The van der Waals surface area contributed by atoms with Crippen LogP contribution in [0, 0.1) is 0 Å². The Morgan fingerprint density at radius 2 is 2.08 bits per heavy atom. The zero-order chi connectivity index (χ0) is 9.19. The molecule has 4 heteroatoms. The molecule has 0 saturated heterocycles. The SMILES string of the molecule is CNCc1cc(C(C)(C)C)n[nH]1.Cl. The van der Waals surface area contributed by atoms with E-state index in [1.54, 1.807) is 0 Å². The van der Waals surface area contributed by atoms with Gasteiger partial charge in [0.2, 0.25) is 0 Å². The van der Waals surface area contributed by atoms with Crippen LogP contribution in [0.5, 0.6) is 0 Å². The smallest absolute Gasteiger partial charge is 0.0678 e. The number of rotatable bonds is 2. The summed E-state index contributed by atoms with van der Waals surface area (Å²) in [4.78, 5) is 0. The van der Waals surface area contributed by atoms with Gasteiger partial charge in [0, 0.05) is 17.7 Å². The maximum absolute atomic E-state index is 4.24. The van der Waals surface area contributed by atoms with Crippen LogP contribution in [-0.2, 0) is 12.0 Å². The first-order valence-corrected chi connectivity index (χ1v) is 4.23. The van der Waals surface area contributed by atoms with Crippen molar-refractivity contribution in [3.63, 3.8) is 0 Å². The van der Waals surface area contributed by atoms with Crippen molar-refractivity contribution in [1.82, 2.24) is 15.5 Å². The van der Waals surface area contributed by atoms with Gasteiger partial charge in [0.1, 0.15) is 0 Å².